The van der Waals surface area contributed by atoms with Gasteiger partial charge >= 0.3 is 0 Å². The summed E-state index contributed by atoms with van der Waals surface area (Å²) in [6, 6.07) is 4.91. The summed E-state index contributed by atoms with van der Waals surface area (Å²) in [4.78, 5) is 13.3. The Kier molecular flexibility index (Phi) is 7.96. The molecule has 0 spiro atoms. The number of likely N-dealkylation sites (N-methyl/N-ethyl adjacent to an activating group) is 1. The second kappa shape index (κ2) is 9.20. The third-order valence-corrected chi connectivity index (χ3v) is 3.67. The van der Waals surface area contributed by atoms with Gasteiger partial charge in [-0.25, -0.2) is 0 Å². The summed E-state index contributed by atoms with van der Waals surface area (Å²) >= 11 is 11.9. The van der Waals surface area contributed by atoms with Crippen molar-refractivity contribution in [2.75, 3.05) is 33.8 Å². The maximum Gasteiger partial charge on any atom is 0.223 e. The number of nitrogens with zero attached hydrogens (tertiary/aromatic N) is 1. The third kappa shape index (κ3) is 6.40. The monoisotopic (exact) mass is 348 g/mol. The van der Waals surface area contributed by atoms with E-state index in [1.54, 1.807) is 25.2 Å². The molecular weight excluding hydrogens is 327 g/mol. The molecule has 124 valence electrons. The van der Waals surface area contributed by atoms with Crippen LogP contribution in [0.15, 0.2) is 18.2 Å². The standard InChI is InChI=1S/C15H22Cl2N2O3/c1-10(15(21)18-2)7-19(3)8-12(20)9-22-14-6-11(16)4-5-13(14)17/h4-6,10,12,20H,7-9H2,1-3H3,(H,18,21). The molecule has 0 aliphatic heterocycles. The second-order valence-corrected chi connectivity index (χ2v) is 6.12. The van der Waals surface area contributed by atoms with E-state index in [-0.39, 0.29) is 18.4 Å². The first-order chi connectivity index (χ1) is 10.3. The number of halogens is 2. The lowest BCUT2D eigenvalue weighted by Gasteiger charge is -2.23. The molecule has 2 atom stereocenters. The predicted molar refractivity (Wildman–Crippen MR) is 88.7 cm³/mol. The average Bonchev–Trinajstić information content (AvgIpc) is 2.47. The molecule has 0 aromatic heterocycles. The van der Waals surface area contributed by atoms with Crippen molar-refractivity contribution < 1.29 is 14.6 Å². The smallest absolute Gasteiger partial charge is 0.223 e. The van der Waals surface area contributed by atoms with Crippen molar-refractivity contribution in [1.82, 2.24) is 10.2 Å². The van der Waals surface area contributed by atoms with Crippen molar-refractivity contribution >= 4 is 29.1 Å². The Balaban J connectivity index is 2.41. The fraction of sp³-hybridized carbons (Fsp3) is 0.533. The maximum absolute atomic E-state index is 11.5. The van der Waals surface area contributed by atoms with Gasteiger partial charge in [0.2, 0.25) is 5.91 Å². The molecule has 0 fully saturated rings. The zero-order chi connectivity index (χ0) is 16.7. The number of rotatable bonds is 8. The summed E-state index contributed by atoms with van der Waals surface area (Å²) in [5.74, 6) is 0.267. The Morgan fingerprint density at radius 3 is 2.73 bits per heavy atom. The Hall–Kier alpha value is -1.01. The summed E-state index contributed by atoms with van der Waals surface area (Å²) in [5.41, 5.74) is 0. The normalized spacial score (nSPS) is 13.8. The van der Waals surface area contributed by atoms with Crippen LogP contribution < -0.4 is 10.1 Å². The van der Waals surface area contributed by atoms with E-state index in [9.17, 15) is 9.90 Å². The van der Waals surface area contributed by atoms with Gasteiger partial charge in [0.1, 0.15) is 18.5 Å². The Labute approximate surface area is 141 Å². The lowest BCUT2D eigenvalue weighted by atomic mass is 10.1. The van der Waals surface area contributed by atoms with E-state index in [0.717, 1.165) is 0 Å². The molecule has 0 radical (unpaired) electrons. The van der Waals surface area contributed by atoms with E-state index in [2.05, 4.69) is 5.32 Å². The molecule has 1 aromatic rings. The van der Waals surface area contributed by atoms with Crippen LogP contribution in [-0.2, 0) is 4.79 Å². The number of carbonyl (C=O) groups is 1. The Bertz CT molecular complexity index is 500. The summed E-state index contributed by atoms with van der Waals surface area (Å²) in [6.45, 7) is 2.87. The van der Waals surface area contributed by atoms with Gasteiger partial charge in [0.15, 0.2) is 0 Å². The highest BCUT2D eigenvalue weighted by Crippen LogP contribution is 2.27. The lowest BCUT2D eigenvalue weighted by Crippen LogP contribution is -2.39. The summed E-state index contributed by atoms with van der Waals surface area (Å²) in [6.07, 6.45) is -0.697. The fourth-order valence-electron chi connectivity index (χ4n) is 2.06. The number of amides is 1. The number of ether oxygens (including phenoxy) is 1. The molecule has 0 saturated carbocycles. The van der Waals surface area contributed by atoms with Gasteiger partial charge < -0.3 is 20.1 Å². The SMILES string of the molecule is CNC(=O)C(C)CN(C)CC(O)COc1cc(Cl)ccc1Cl. The minimum atomic E-state index is -0.697. The van der Waals surface area contributed by atoms with Crippen LogP contribution in [0.2, 0.25) is 10.0 Å². The maximum atomic E-state index is 11.5. The second-order valence-electron chi connectivity index (χ2n) is 5.28. The molecule has 2 N–H and O–H groups in total. The van der Waals surface area contributed by atoms with E-state index >= 15 is 0 Å². The van der Waals surface area contributed by atoms with Crippen molar-refractivity contribution in [3.05, 3.63) is 28.2 Å². The molecule has 1 aromatic carbocycles. The predicted octanol–water partition coefficient (Wildman–Crippen LogP) is 2.05. The molecule has 0 bridgehead atoms. The van der Waals surface area contributed by atoms with Crippen LogP contribution in [0.25, 0.3) is 0 Å². The first-order valence-corrected chi connectivity index (χ1v) is 7.75. The van der Waals surface area contributed by atoms with E-state index in [1.165, 1.54) is 0 Å². The zero-order valence-electron chi connectivity index (χ0n) is 13.0. The summed E-state index contributed by atoms with van der Waals surface area (Å²) in [7, 11) is 3.45. The molecule has 5 nitrogen and oxygen atoms in total. The molecule has 22 heavy (non-hydrogen) atoms. The van der Waals surface area contributed by atoms with Gasteiger partial charge in [-0.05, 0) is 19.2 Å². The van der Waals surface area contributed by atoms with Crippen molar-refractivity contribution in [2.24, 2.45) is 5.92 Å². The number of hydrogen-bond donors (Lipinski definition) is 2. The van der Waals surface area contributed by atoms with Gasteiger partial charge in [0.05, 0.1) is 5.02 Å². The van der Waals surface area contributed by atoms with Crippen molar-refractivity contribution in [2.45, 2.75) is 13.0 Å². The minimum absolute atomic E-state index is 0.0247. The quantitative estimate of drug-likeness (QED) is 0.754. The van der Waals surface area contributed by atoms with Crippen LogP contribution in [0.5, 0.6) is 5.75 Å². The van der Waals surface area contributed by atoms with E-state index in [4.69, 9.17) is 27.9 Å². The van der Waals surface area contributed by atoms with Crippen molar-refractivity contribution in [1.29, 1.82) is 0 Å². The van der Waals surface area contributed by atoms with E-state index < -0.39 is 6.10 Å². The van der Waals surface area contributed by atoms with Gasteiger partial charge in [-0.2, -0.15) is 0 Å². The third-order valence-electron chi connectivity index (χ3n) is 3.13. The molecule has 1 rings (SSSR count). The Morgan fingerprint density at radius 1 is 1.41 bits per heavy atom. The number of carbonyl (C=O) groups excluding carboxylic acids is 1. The highest BCUT2D eigenvalue weighted by Gasteiger charge is 2.16. The fourth-order valence-corrected chi connectivity index (χ4v) is 2.39. The van der Waals surface area contributed by atoms with Crippen molar-refractivity contribution in [3.8, 4) is 5.75 Å². The summed E-state index contributed by atoms with van der Waals surface area (Å²) < 4.78 is 5.48. The van der Waals surface area contributed by atoms with Gasteiger partial charge in [0, 0.05) is 37.1 Å². The highest BCUT2D eigenvalue weighted by atomic mass is 35.5. The number of hydrogen-bond acceptors (Lipinski definition) is 4. The van der Waals surface area contributed by atoms with Crippen LogP contribution in [0.4, 0.5) is 0 Å². The van der Waals surface area contributed by atoms with Gasteiger partial charge in [0.25, 0.3) is 0 Å². The minimum Gasteiger partial charge on any atom is -0.489 e. The lowest BCUT2D eigenvalue weighted by molar-refractivity contribution is -0.124. The molecular formula is C15H22Cl2N2O3. The average molecular weight is 349 g/mol. The van der Waals surface area contributed by atoms with Crippen LogP contribution in [0, 0.1) is 5.92 Å². The molecule has 0 aliphatic carbocycles. The molecule has 0 aliphatic rings. The first-order valence-electron chi connectivity index (χ1n) is 6.99. The first kappa shape index (κ1) is 19.0. The zero-order valence-corrected chi connectivity index (χ0v) is 14.5. The molecule has 0 saturated heterocycles. The number of nitrogens with one attached hydrogen (secondary N) is 1. The molecule has 1 amide bonds. The van der Waals surface area contributed by atoms with Gasteiger partial charge in [-0.3, -0.25) is 4.79 Å². The number of aliphatic hydroxyl groups is 1. The summed E-state index contributed by atoms with van der Waals surface area (Å²) in [5, 5.41) is 13.6. The van der Waals surface area contributed by atoms with Crippen LogP contribution in [0.3, 0.4) is 0 Å². The highest BCUT2D eigenvalue weighted by molar-refractivity contribution is 6.34. The van der Waals surface area contributed by atoms with Gasteiger partial charge in [-0.15, -0.1) is 0 Å². The van der Waals surface area contributed by atoms with Crippen LogP contribution >= 0.6 is 23.2 Å². The molecule has 7 heteroatoms. The molecule has 0 heterocycles. The van der Waals surface area contributed by atoms with Crippen LogP contribution in [-0.4, -0.2) is 55.8 Å². The van der Waals surface area contributed by atoms with Crippen molar-refractivity contribution in [3.63, 3.8) is 0 Å². The molecule has 2 unspecified atom stereocenters. The number of benzene rings is 1. The van der Waals surface area contributed by atoms with E-state index in [1.807, 2.05) is 18.9 Å². The largest absolute Gasteiger partial charge is 0.489 e. The Morgan fingerprint density at radius 2 is 2.09 bits per heavy atom. The van der Waals surface area contributed by atoms with E-state index in [0.29, 0.717) is 28.9 Å². The topological polar surface area (TPSA) is 61.8 Å². The van der Waals surface area contributed by atoms with Crippen LogP contribution in [0.1, 0.15) is 6.92 Å². The van der Waals surface area contributed by atoms with Gasteiger partial charge in [-0.1, -0.05) is 30.1 Å². The number of aliphatic hydroxyl groups excluding tert-OH is 1.